The number of carbonyl (C=O) groups excluding carboxylic acids is 2. The van der Waals surface area contributed by atoms with Crippen LogP contribution in [0.2, 0.25) is 0 Å². The van der Waals surface area contributed by atoms with Gasteiger partial charge in [0.2, 0.25) is 5.91 Å². The van der Waals surface area contributed by atoms with Crippen molar-refractivity contribution in [3.63, 3.8) is 0 Å². The second-order valence-corrected chi connectivity index (χ2v) is 6.91. The van der Waals surface area contributed by atoms with Crippen LogP contribution in [0.5, 0.6) is 0 Å². The Morgan fingerprint density at radius 1 is 1.22 bits per heavy atom. The summed E-state index contributed by atoms with van der Waals surface area (Å²) in [5.74, 6) is 0.417. The molecule has 2 aromatic rings. The molecule has 5 heterocycles. The standard InChI is InChI=1S/C18H22N6O3/c1-27-8-7-24-14-6-5-13(17(24)25)9-22(10-14)18(26)15-3-2-4-16(21-15)23-11-19-20-12-23/h2-4,11-14H,5-10H2,1H3/t13-,14+/m1/s1. The van der Waals surface area contributed by atoms with E-state index in [-0.39, 0.29) is 23.8 Å². The number of pyridine rings is 1. The van der Waals surface area contributed by atoms with Crippen LogP contribution in [0.1, 0.15) is 23.3 Å². The Morgan fingerprint density at radius 3 is 2.81 bits per heavy atom. The Labute approximate surface area is 156 Å². The van der Waals surface area contributed by atoms with E-state index in [1.54, 1.807) is 34.8 Å². The lowest BCUT2D eigenvalue weighted by Gasteiger charge is -2.35. The molecule has 2 amide bonds. The minimum atomic E-state index is -0.150. The van der Waals surface area contributed by atoms with Gasteiger partial charge in [-0.3, -0.25) is 14.2 Å². The van der Waals surface area contributed by atoms with Crippen LogP contribution in [-0.4, -0.2) is 80.8 Å². The predicted molar refractivity (Wildman–Crippen MR) is 95.2 cm³/mol. The number of aromatic nitrogens is 4. The number of carbonyl (C=O) groups is 2. The van der Waals surface area contributed by atoms with E-state index in [4.69, 9.17) is 4.74 Å². The molecule has 3 aliphatic heterocycles. The summed E-state index contributed by atoms with van der Waals surface area (Å²) in [4.78, 5) is 33.9. The fourth-order valence-corrected chi connectivity index (χ4v) is 3.86. The van der Waals surface area contributed by atoms with E-state index >= 15 is 0 Å². The van der Waals surface area contributed by atoms with Gasteiger partial charge in [-0.25, -0.2) is 4.98 Å². The average Bonchev–Trinajstić information content (AvgIpc) is 3.10. The van der Waals surface area contributed by atoms with Gasteiger partial charge in [-0.05, 0) is 25.0 Å². The van der Waals surface area contributed by atoms with Gasteiger partial charge in [0.15, 0.2) is 0 Å². The first-order valence-corrected chi connectivity index (χ1v) is 9.08. The number of nitrogens with zero attached hydrogens (tertiary/aromatic N) is 6. The second kappa shape index (κ2) is 7.43. The topological polar surface area (TPSA) is 93.5 Å². The number of amides is 2. The molecule has 0 unspecified atom stereocenters. The van der Waals surface area contributed by atoms with Gasteiger partial charge in [0.1, 0.15) is 24.2 Å². The van der Waals surface area contributed by atoms with Crippen LogP contribution < -0.4 is 0 Å². The lowest BCUT2D eigenvalue weighted by molar-refractivity contribution is -0.140. The van der Waals surface area contributed by atoms with Crippen molar-refractivity contribution < 1.29 is 14.3 Å². The first-order valence-electron chi connectivity index (χ1n) is 9.08. The van der Waals surface area contributed by atoms with Gasteiger partial charge in [0.25, 0.3) is 5.91 Å². The number of methoxy groups -OCH3 is 1. The van der Waals surface area contributed by atoms with E-state index in [0.717, 1.165) is 12.8 Å². The maximum atomic E-state index is 13.1. The van der Waals surface area contributed by atoms with E-state index in [2.05, 4.69) is 15.2 Å². The van der Waals surface area contributed by atoms with E-state index in [1.807, 2.05) is 4.90 Å². The molecule has 27 heavy (non-hydrogen) atoms. The molecular weight excluding hydrogens is 348 g/mol. The third-order valence-corrected chi connectivity index (χ3v) is 5.25. The zero-order valence-electron chi connectivity index (χ0n) is 15.2. The molecule has 2 atom stereocenters. The van der Waals surface area contributed by atoms with E-state index in [1.165, 1.54) is 12.7 Å². The summed E-state index contributed by atoms with van der Waals surface area (Å²) in [6.45, 7) is 2.05. The summed E-state index contributed by atoms with van der Waals surface area (Å²) < 4.78 is 6.79. The molecule has 0 aliphatic carbocycles. The lowest BCUT2D eigenvalue weighted by Crippen LogP contribution is -2.49. The molecule has 0 spiro atoms. The van der Waals surface area contributed by atoms with E-state index < -0.39 is 0 Å². The van der Waals surface area contributed by atoms with Crippen molar-refractivity contribution in [2.24, 2.45) is 5.92 Å². The summed E-state index contributed by atoms with van der Waals surface area (Å²) in [5.41, 5.74) is 0.360. The monoisotopic (exact) mass is 370 g/mol. The first kappa shape index (κ1) is 17.6. The van der Waals surface area contributed by atoms with Crippen molar-refractivity contribution in [1.82, 2.24) is 29.5 Å². The Kier molecular flexibility index (Phi) is 4.85. The van der Waals surface area contributed by atoms with Crippen molar-refractivity contribution in [3.8, 4) is 5.82 Å². The molecule has 0 radical (unpaired) electrons. The van der Waals surface area contributed by atoms with Crippen LogP contribution in [0.15, 0.2) is 30.9 Å². The highest BCUT2D eigenvalue weighted by Crippen LogP contribution is 2.29. The summed E-state index contributed by atoms with van der Waals surface area (Å²) in [5, 5.41) is 7.54. The number of ether oxygens (including phenoxy) is 1. The fourth-order valence-electron chi connectivity index (χ4n) is 3.86. The largest absolute Gasteiger partial charge is 0.383 e. The maximum absolute atomic E-state index is 13.1. The first-order chi connectivity index (χ1) is 13.2. The summed E-state index contributed by atoms with van der Waals surface area (Å²) in [7, 11) is 1.63. The van der Waals surface area contributed by atoms with E-state index in [0.29, 0.717) is 37.8 Å². The van der Waals surface area contributed by atoms with Gasteiger partial charge in [-0.15, -0.1) is 10.2 Å². The molecule has 5 rings (SSSR count). The minimum Gasteiger partial charge on any atom is -0.383 e. The highest BCUT2D eigenvalue weighted by Gasteiger charge is 2.41. The fraction of sp³-hybridized carbons (Fsp3) is 0.500. The predicted octanol–water partition coefficient (Wildman–Crippen LogP) is 0.372. The maximum Gasteiger partial charge on any atom is 0.272 e. The third kappa shape index (κ3) is 3.42. The Bertz CT molecular complexity index is 824. The molecule has 2 aromatic heterocycles. The molecule has 3 saturated heterocycles. The Balaban J connectivity index is 1.55. The van der Waals surface area contributed by atoms with Crippen molar-refractivity contribution in [2.75, 3.05) is 33.4 Å². The molecule has 9 heteroatoms. The summed E-state index contributed by atoms with van der Waals surface area (Å²) in [6, 6.07) is 5.32. The van der Waals surface area contributed by atoms with Gasteiger partial charge >= 0.3 is 0 Å². The number of rotatable bonds is 5. The molecule has 0 aromatic carbocycles. The summed E-state index contributed by atoms with van der Waals surface area (Å²) >= 11 is 0. The van der Waals surface area contributed by atoms with Crippen LogP contribution in [0, 0.1) is 5.92 Å². The Morgan fingerprint density at radius 2 is 2.04 bits per heavy atom. The van der Waals surface area contributed by atoms with E-state index in [9.17, 15) is 9.59 Å². The number of hydrogen-bond donors (Lipinski definition) is 0. The summed E-state index contributed by atoms with van der Waals surface area (Å²) in [6.07, 6.45) is 4.81. The molecular formula is C18H22N6O3. The van der Waals surface area contributed by atoms with Crippen LogP contribution in [0.25, 0.3) is 5.82 Å². The van der Waals surface area contributed by atoms with Crippen LogP contribution in [0.3, 0.4) is 0 Å². The highest BCUT2D eigenvalue weighted by atomic mass is 16.5. The molecule has 3 aliphatic rings. The molecule has 0 saturated carbocycles. The van der Waals surface area contributed by atoms with Crippen molar-refractivity contribution in [3.05, 3.63) is 36.5 Å². The molecule has 2 bridgehead atoms. The molecule has 142 valence electrons. The quantitative estimate of drug-likeness (QED) is 0.755. The van der Waals surface area contributed by atoms with Gasteiger partial charge in [0, 0.05) is 32.8 Å². The zero-order chi connectivity index (χ0) is 18.8. The van der Waals surface area contributed by atoms with Crippen LogP contribution >= 0.6 is 0 Å². The van der Waals surface area contributed by atoms with Crippen molar-refractivity contribution in [2.45, 2.75) is 18.9 Å². The second-order valence-electron chi connectivity index (χ2n) is 6.91. The molecule has 3 fully saturated rings. The minimum absolute atomic E-state index is 0.0383. The molecule has 0 N–H and O–H groups in total. The van der Waals surface area contributed by atoms with Gasteiger partial charge in [0.05, 0.1) is 12.5 Å². The highest BCUT2D eigenvalue weighted by molar-refractivity contribution is 5.93. The SMILES string of the molecule is COCCN1C(=O)[C@@H]2CC[C@H]1CN(C(=O)c1cccc(-n3cnnc3)n1)C2. The normalized spacial score (nSPS) is 22.2. The molecule has 9 nitrogen and oxygen atoms in total. The van der Waals surface area contributed by atoms with Crippen molar-refractivity contribution in [1.29, 1.82) is 0 Å². The lowest BCUT2D eigenvalue weighted by atomic mass is 9.94. The van der Waals surface area contributed by atoms with Gasteiger partial charge in [-0.1, -0.05) is 6.07 Å². The van der Waals surface area contributed by atoms with Crippen LogP contribution in [0.4, 0.5) is 0 Å². The Hall–Kier alpha value is -2.81. The van der Waals surface area contributed by atoms with Gasteiger partial charge < -0.3 is 14.5 Å². The van der Waals surface area contributed by atoms with Crippen molar-refractivity contribution >= 4 is 11.8 Å². The number of hydrogen-bond acceptors (Lipinski definition) is 6. The smallest absolute Gasteiger partial charge is 0.272 e. The van der Waals surface area contributed by atoms with Gasteiger partial charge in [-0.2, -0.15) is 0 Å². The van der Waals surface area contributed by atoms with Crippen LogP contribution in [-0.2, 0) is 9.53 Å². The zero-order valence-corrected chi connectivity index (χ0v) is 15.2. The third-order valence-electron chi connectivity index (χ3n) is 5.25. The number of fused-ring (bicyclic) bond motifs is 4. The number of piperidine rings is 1. The average molecular weight is 370 g/mol.